The van der Waals surface area contributed by atoms with E-state index in [2.05, 4.69) is 10.4 Å². The number of ether oxygens (including phenoxy) is 1. The number of aryl methyl sites for hydroxylation is 2. The maximum atomic E-state index is 13.7. The molecule has 1 aromatic heterocycles. The van der Waals surface area contributed by atoms with Gasteiger partial charge in [-0.05, 0) is 26.0 Å². The second-order valence-corrected chi connectivity index (χ2v) is 4.59. The number of nitrogens with one attached hydrogen (secondary N) is 1. The Morgan fingerprint density at radius 2 is 2.05 bits per heavy atom. The molecule has 6 nitrogen and oxygen atoms in total. The average molecular weight is 305 g/mol. The van der Waals surface area contributed by atoms with Gasteiger partial charge in [0.2, 0.25) is 0 Å². The summed E-state index contributed by atoms with van der Waals surface area (Å²) in [6.45, 7) is 3.51. The van der Waals surface area contributed by atoms with Gasteiger partial charge in [-0.3, -0.25) is 9.48 Å². The maximum absolute atomic E-state index is 13.7. The lowest BCUT2D eigenvalue weighted by molar-refractivity contribution is 0.0526. The van der Waals surface area contributed by atoms with Crippen molar-refractivity contribution in [1.82, 2.24) is 9.78 Å². The zero-order chi connectivity index (χ0) is 16.3. The van der Waals surface area contributed by atoms with E-state index in [1.165, 1.54) is 22.9 Å². The summed E-state index contributed by atoms with van der Waals surface area (Å²) in [4.78, 5) is 24.2. The third kappa shape index (κ3) is 2.98. The molecule has 0 bridgehead atoms. The second kappa shape index (κ2) is 6.38. The minimum Gasteiger partial charge on any atom is -0.462 e. The SMILES string of the molecule is CCOC(=O)c1c(C)nn(C)c1NC(=O)c1ccccc1F. The van der Waals surface area contributed by atoms with Gasteiger partial charge in [0.15, 0.2) is 0 Å². The fourth-order valence-electron chi connectivity index (χ4n) is 2.07. The quantitative estimate of drug-likeness (QED) is 0.880. The van der Waals surface area contributed by atoms with Crippen LogP contribution >= 0.6 is 0 Å². The standard InChI is InChI=1S/C15H16FN3O3/c1-4-22-15(21)12-9(2)18-19(3)13(12)17-14(20)10-7-5-6-8-11(10)16/h5-8H,4H2,1-3H3,(H,17,20). The van der Waals surface area contributed by atoms with Crippen LogP contribution in [0.1, 0.15) is 33.3 Å². The number of amides is 1. The fraction of sp³-hybridized carbons (Fsp3) is 0.267. The highest BCUT2D eigenvalue weighted by Gasteiger charge is 2.24. The highest BCUT2D eigenvalue weighted by molar-refractivity contribution is 6.07. The van der Waals surface area contributed by atoms with E-state index < -0.39 is 17.7 Å². The van der Waals surface area contributed by atoms with Gasteiger partial charge in [-0.25, -0.2) is 9.18 Å². The summed E-state index contributed by atoms with van der Waals surface area (Å²) in [7, 11) is 1.58. The number of rotatable bonds is 4. The van der Waals surface area contributed by atoms with E-state index >= 15 is 0 Å². The van der Waals surface area contributed by atoms with Crippen LogP contribution in [-0.4, -0.2) is 28.3 Å². The van der Waals surface area contributed by atoms with Crippen molar-refractivity contribution >= 4 is 17.7 Å². The minimum atomic E-state index is -0.661. The van der Waals surface area contributed by atoms with Gasteiger partial charge in [-0.2, -0.15) is 5.10 Å². The third-order valence-electron chi connectivity index (χ3n) is 3.05. The van der Waals surface area contributed by atoms with Crippen molar-refractivity contribution in [3.05, 3.63) is 46.9 Å². The minimum absolute atomic E-state index is 0.115. The molecule has 7 heteroatoms. The normalized spacial score (nSPS) is 10.4. The molecule has 1 heterocycles. The Morgan fingerprint density at radius 1 is 1.36 bits per heavy atom. The molecule has 1 amide bonds. The summed E-state index contributed by atoms with van der Waals surface area (Å²) in [5.74, 6) is -1.72. The first-order valence-corrected chi connectivity index (χ1v) is 6.72. The molecule has 22 heavy (non-hydrogen) atoms. The Bertz CT molecular complexity index is 725. The van der Waals surface area contributed by atoms with Crippen LogP contribution in [0.4, 0.5) is 10.2 Å². The summed E-state index contributed by atoms with van der Waals surface area (Å²) < 4.78 is 20.0. The Kier molecular flexibility index (Phi) is 4.55. The Morgan fingerprint density at radius 3 is 2.68 bits per heavy atom. The van der Waals surface area contributed by atoms with Crippen molar-refractivity contribution in [2.24, 2.45) is 7.05 Å². The number of carbonyl (C=O) groups excluding carboxylic acids is 2. The van der Waals surface area contributed by atoms with Gasteiger partial charge < -0.3 is 10.1 Å². The molecule has 0 unspecified atom stereocenters. The highest BCUT2D eigenvalue weighted by atomic mass is 19.1. The number of hydrogen-bond donors (Lipinski definition) is 1. The molecule has 0 fully saturated rings. The lowest BCUT2D eigenvalue weighted by atomic mass is 10.2. The van der Waals surface area contributed by atoms with E-state index in [9.17, 15) is 14.0 Å². The zero-order valence-corrected chi connectivity index (χ0v) is 12.5. The molecular formula is C15H16FN3O3. The number of hydrogen-bond acceptors (Lipinski definition) is 4. The van der Waals surface area contributed by atoms with Gasteiger partial charge >= 0.3 is 5.97 Å². The predicted molar refractivity (Wildman–Crippen MR) is 78.3 cm³/mol. The van der Waals surface area contributed by atoms with Gasteiger partial charge in [0.25, 0.3) is 5.91 Å². The molecule has 0 spiro atoms. The van der Waals surface area contributed by atoms with Crippen LogP contribution in [-0.2, 0) is 11.8 Å². The average Bonchev–Trinajstić information content (AvgIpc) is 2.74. The van der Waals surface area contributed by atoms with Crippen LogP contribution < -0.4 is 5.32 Å². The van der Waals surface area contributed by atoms with E-state index in [1.54, 1.807) is 27.0 Å². The van der Waals surface area contributed by atoms with Gasteiger partial charge in [0.1, 0.15) is 17.2 Å². The first kappa shape index (κ1) is 15.7. The molecule has 2 aromatic rings. The van der Waals surface area contributed by atoms with Gasteiger partial charge in [-0.15, -0.1) is 0 Å². The van der Waals surface area contributed by atoms with Crippen molar-refractivity contribution < 1.29 is 18.7 Å². The van der Waals surface area contributed by atoms with Crippen LogP contribution in [0.3, 0.4) is 0 Å². The van der Waals surface area contributed by atoms with Crippen molar-refractivity contribution in [2.45, 2.75) is 13.8 Å². The number of aromatic nitrogens is 2. The van der Waals surface area contributed by atoms with E-state index in [0.717, 1.165) is 0 Å². The van der Waals surface area contributed by atoms with E-state index in [1.807, 2.05) is 0 Å². The lowest BCUT2D eigenvalue weighted by Gasteiger charge is -2.09. The van der Waals surface area contributed by atoms with Crippen molar-refractivity contribution in [1.29, 1.82) is 0 Å². The van der Waals surface area contributed by atoms with Crippen molar-refractivity contribution in [2.75, 3.05) is 11.9 Å². The molecule has 0 saturated heterocycles. The van der Waals surface area contributed by atoms with Gasteiger partial charge in [-0.1, -0.05) is 12.1 Å². The summed E-state index contributed by atoms with van der Waals surface area (Å²) in [5.41, 5.74) is 0.468. The van der Waals surface area contributed by atoms with E-state index in [0.29, 0.717) is 5.69 Å². The summed E-state index contributed by atoms with van der Waals surface area (Å²) >= 11 is 0. The molecule has 0 atom stereocenters. The first-order chi connectivity index (χ1) is 10.5. The molecule has 0 aliphatic heterocycles. The second-order valence-electron chi connectivity index (χ2n) is 4.59. The molecule has 0 radical (unpaired) electrons. The molecular weight excluding hydrogens is 289 g/mol. The predicted octanol–water partition coefficient (Wildman–Crippen LogP) is 2.30. The zero-order valence-electron chi connectivity index (χ0n) is 12.5. The largest absolute Gasteiger partial charge is 0.462 e. The van der Waals surface area contributed by atoms with E-state index in [-0.39, 0.29) is 23.6 Å². The molecule has 116 valence electrons. The number of anilines is 1. The number of benzene rings is 1. The number of esters is 1. The Labute approximate surface area is 126 Å². The third-order valence-corrected chi connectivity index (χ3v) is 3.05. The van der Waals surface area contributed by atoms with Crippen LogP contribution in [0.2, 0.25) is 0 Å². The maximum Gasteiger partial charge on any atom is 0.343 e. The van der Waals surface area contributed by atoms with Crippen LogP contribution in [0, 0.1) is 12.7 Å². The number of nitrogens with zero attached hydrogens (tertiary/aromatic N) is 2. The van der Waals surface area contributed by atoms with Crippen LogP contribution in [0.15, 0.2) is 24.3 Å². The van der Waals surface area contributed by atoms with Gasteiger partial charge in [0.05, 0.1) is 17.9 Å². The molecule has 1 N–H and O–H groups in total. The monoisotopic (exact) mass is 305 g/mol. The van der Waals surface area contributed by atoms with Gasteiger partial charge in [0, 0.05) is 7.05 Å². The highest BCUT2D eigenvalue weighted by Crippen LogP contribution is 2.21. The van der Waals surface area contributed by atoms with E-state index in [4.69, 9.17) is 4.74 Å². The first-order valence-electron chi connectivity index (χ1n) is 6.72. The van der Waals surface area contributed by atoms with Crippen LogP contribution in [0.5, 0.6) is 0 Å². The molecule has 0 aliphatic carbocycles. The summed E-state index contributed by atoms with van der Waals surface area (Å²) in [6, 6.07) is 5.59. The Balaban J connectivity index is 2.36. The summed E-state index contributed by atoms with van der Waals surface area (Å²) in [5, 5.41) is 6.61. The molecule has 0 saturated carbocycles. The topological polar surface area (TPSA) is 73.2 Å². The molecule has 2 rings (SSSR count). The number of halogens is 1. The van der Waals surface area contributed by atoms with Crippen molar-refractivity contribution in [3.8, 4) is 0 Å². The lowest BCUT2D eigenvalue weighted by Crippen LogP contribution is -2.18. The summed E-state index contributed by atoms with van der Waals surface area (Å²) in [6.07, 6.45) is 0. The number of carbonyl (C=O) groups is 2. The smallest absolute Gasteiger partial charge is 0.343 e. The fourth-order valence-corrected chi connectivity index (χ4v) is 2.07. The molecule has 1 aromatic carbocycles. The van der Waals surface area contributed by atoms with Crippen molar-refractivity contribution in [3.63, 3.8) is 0 Å². The van der Waals surface area contributed by atoms with Crippen LogP contribution in [0.25, 0.3) is 0 Å². The molecule has 0 aliphatic rings. The Hall–Kier alpha value is -2.70.